The molecule has 1 aliphatic heterocycles. The maximum atomic E-state index is 5.94. The highest BCUT2D eigenvalue weighted by Crippen LogP contribution is 2.26. The summed E-state index contributed by atoms with van der Waals surface area (Å²) in [6, 6.07) is 2.19. The van der Waals surface area contributed by atoms with Gasteiger partial charge in [0.2, 0.25) is 0 Å². The van der Waals surface area contributed by atoms with Crippen molar-refractivity contribution in [2.24, 2.45) is 5.73 Å². The van der Waals surface area contributed by atoms with Gasteiger partial charge >= 0.3 is 0 Å². The molecule has 0 bridgehead atoms. The second-order valence-corrected chi connectivity index (χ2v) is 4.51. The first-order chi connectivity index (χ1) is 7.72. The highest BCUT2D eigenvalue weighted by Gasteiger charge is 2.21. The van der Waals surface area contributed by atoms with E-state index in [2.05, 4.69) is 18.1 Å². The Kier molecular flexibility index (Phi) is 3.61. The van der Waals surface area contributed by atoms with Crippen molar-refractivity contribution in [3.05, 3.63) is 17.5 Å². The van der Waals surface area contributed by atoms with Crippen molar-refractivity contribution in [1.82, 2.24) is 9.78 Å². The highest BCUT2D eigenvalue weighted by atomic mass is 16.5. The summed E-state index contributed by atoms with van der Waals surface area (Å²) < 4.78 is 7.51. The summed E-state index contributed by atoms with van der Waals surface area (Å²) in [6.07, 6.45) is 2.32. The number of nitrogens with zero attached hydrogens (tertiary/aromatic N) is 2. The third kappa shape index (κ3) is 2.28. The van der Waals surface area contributed by atoms with Crippen molar-refractivity contribution >= 4 is 0 Å². The number of ether oxygens (including phenoxy) is 1. The van der Waals surface area contributed by atoms with Crippen LogP contribution in [0.3, 0.4) is 0 Å². The van der Waals surface area contributed by atoms with Crippen molar-refractivity contribution in [2.45, 2.75) is 45.2 Å². The number of nitrogens with two attached hydrogens (primary N) is 1. The van der Waals surface area contributed by atoms with E-state index in [1.165, 1.54) is 6.42 Å². The van der Waals surface area contributed by atoms with Crippen molar-refractivity contribution < 1.29 is 4.74 Å². The first-order valence-corrected chi connectivity index (χ1v) is 6.13. The fourth-order valence-electron chi connectivity index (χ4n) is 2.25. The second-order valence-electron chi connectivity index (χ2n) is 4.51. The monoisotopic (exact) mass is 223 g/mol. The number of aromatic nitrogens is 2. The molecule has 1 fully saturated rings. The molecule has 0 aromatic carbocycles. The van der Waals surface area contributed by atoms with Crippen molar-refractivity contribution in [1.29, 1.82) is 0 Å². The van der Waals surface area contributed by atoms with Gasteiger partial charge in [-0.25, -0.2) is 0 Å². The Morgan fingerprint density at radius 1 is 1.69 bits per heavy atom. The van der Waals surface area contributed by atoms with Crippen LogP contribution in [-0.2, 0) is 11.3 Å². The molecule has 0 spiro atoms. The quantitative estimate of drug-likeness (QED) is 0.850. The molecule has 1 saturated heterocycles. The fourth-order valence-corrected chi connectivity index (χ4v) is 2.25. The summed E-state index contributed by atoms with van der Waals surface area (Å²) in [7, 11) is 0. The van der Waals surface area contributed by atoms with Crippen LogP contribution in [0.25, 0.3) is 0 Å². The molecule has 4 nitrogen and oxygen atoms in total. The zero-order valence-corrected chi connectivity index (χ0v) is 10.1. The van der Waals surface area contributed by atoms with E-state index in [0.717, 1.165) is 37.6 Å². The van der Waals surface area contributed by atoms with Gasteiger partial charge in [0.25, 0.3) is 0 Å². The molecule has 1 aromatic heterocycles. The average Bonchev–Trinajstić information content (AvgIpc) is 2.74. The van der Waals surface area contributed by atoms with Gasteiger partial charge in [-0.3, -0.25) is 4.68 Å². The molecule has 2 atom stereocenters. The summed E-state index contributed by atoms with van der Waals surface area (Å²) in [6.45, 7) is 6.68. The topological polar surface area (TPSA) is 53.1 Å². The van der Waals surface area contributed by atoms with Crippen molar-refractivity contribution in [2.75, 3.05) is 13.2 Å². The SMILES string of the molecule is CCn1nc(C2CCCOC2)cc1C(C)N. The van der Waals surface area contributed by atoms with E-state index in [-0.39, 0.29) is 6.04 Å². The molecule has 1 aliphatic rings. The van der Waals surface area contributed by atoms with Crippen LogP contribution in [0.15, 0.2) is 6.07 Å². The van der Waals surface area contributed by atoms with Crippen LogP contribution in [0.1, 0.15) is 50.0 Å². The normalized spacial score (nSPS) is 23.3. The van der Waals surface area contributed by atoms with Crippen LogP contribution in [0, 0.1) is 0 Å². The van der Waals surface area contributed by atoms with Gasteiger partial charge in [0.05, 0.1) is 18.0 Å². The minimum atomic E-state index is 0.0470. The molecular weight excluding hydrogens is 202 g/mol. The van der Waals surface area contributed by atoms with E-state index in [1.807, 2.05) is 11.6 Å². The maximum absolute atomic E-state index is 5.94. The van der Waals surface area contributed by atoms with Gasteiger partial charge in [-0.05, 0) is 32.8 Å². The Bertz CT molecular complexity index is 340. The van der Waals surface area contributed by atoms with Crippen LogP contribution < -0.4 is 5.73 Å². The van der Waals surface area contributed by atoms with Gasteiger partial charge in [-0.2, -0.15) is 5.10 Å². The summed E-state index contributed by atoms with van der Waals surface area (Å²) in [5, 5.41) is 4.63. The Labute approximate surface area is 96.8 Å². The minimum Gasteiger partial charge on any atom is -0.381 e. The molecule has 16 heavy (non-hydrogen) atoms. The van der Waals surface area contributed by atoms with E-state index in [1.54, 1.807) is 0 Å². The first-order valence-electron chi connectivity index (χ1n) is 6.13. The molecule has 90 valence electrons. The van der Waals surface area contributed by atoms with Gasteiger partial charge in [-0.1, -0.05) is 0 Å². The Morgan fingerprint density at radius 2 is 2.50 bits per heavy atom. The lowest BCUT2D eigenvalue weighted by Crippen LogP contribution is -2.16. The minimum absolute atomic E-state index is 0.0470. The molecule has 1 aromatic rings. The predicted molar refractivity (Wildman–Crippen MR) is 63.3 cm³/mol. The Balaban J connectivity index is 2.20. The third-order valence-corrected chi connectivity index (χ3v) is 3.17. The average molecular weight is 223 g/mol. The first kappa shape index (κ1) is 11.6. The van der Waals surface area contributed by atoms with E-state index in [4.69, 9.17) is 10.5 Å². The predicted octanol–water partition coefficient (Wildman–Crippen LogP) is 1.82. The van der Waals surface area contributed by atoms with Gasteiger partial charge in [0, 0.05) is 25.1 Å². The largest absolute Gasteiger partial charge is 0.381 e. The lowest BCUT2D eigenvalue weighted by molar-refractivity contribution is 0.0791. The zero-order chi connectivity index (χ0) is 11.5. The lowest BCUT2D eigenvalue weighted by Gasteiger charge is -2.19. The summed E-state index contributed by atoms with van der Waals surface area (Å²) in [5.74, 6) is 0.457. The molecular formula is C12H21N3O. The lowest BCUT2D eigenvalue weighted by atomic mass is 9.98. The molecule has 4 heteroatoms. The van der Waals surface area contributed by atoms with Crippen LogP contribution in [-0.4, -0.2) is 23.0 Å². The van der Waals surface area contributed by atoms with E-state index < -0.39 is 0 Å². The van der Waals surface area contributed by atoms with Crippen LogP contribution in [0.4, 0.5) is 0 Å². The molecule has 2 N–H and O–H groups in total. The van der Waals surface area contributed by atoms with Gasteiger partial charge in [0.15, 0.2) is 0 Å². The Morgan fingerprint density at radius 3 is 3.00 bits per heavy atom. The van der Waals surface area contributed by atoms with Crippen LogP contribution in [0.5, 0.6) is 0 Å². The number of hydrogen-bond acceptors (Lipinski definition) is 3. The summed E-state index contributed by atoms with van der Waals surface area (Å²) in [5.41, 5.74) is 8.22. The standard InChI is InChI=1S/C12H21N3O/c1-3-15-12(9(2)13)7-11(14-15)10-5-4-6-16-8-10/h7,9-10H,3-6,8,13H2,1-2H3. The third-order valence-electron chi connectivity index (χ3n) is 3.17. The fraction of sp³-hybridized carbons (Fsp3) is 0.750. The molecule has 0 amide bonds. The van der Waals surface area contributed by atoms with Gasteiger partial charge in [-0.15, -0.1) is 0 Å². The second kappa shape index (κ2) is 4.97. The van der Waals surface area contributed by atoms with E-state index >= 15 is 0 Å². The summed E-state index contributed by atoms with van der Waals surface area (Å²) >= 11 is 0. The van der Waals surface area contributed by atoms with Crippen molar-refractivity contribution in [3.8, 4) is 0 Å². The zero-order valence-electron chi connectivity index (χ0n) is 10.1. The molecule has 0 saturated carbocycles. The van der Waals surface area contributed by atoms with E-state index in [0.29, 0.717) is 5.92 Å². The van der Waals surface area contributed by atoms with Crippen LogP contribution in [0.2, 0.25) is 0 Å². The molecule has 0 radical (unpaired) electrons. The molecule has 0 aliphatic carbocycles. The molecule has 2 unspecified atom stereocenters. The molecule has 2 rings (SSSR count). The number of aryl methyl sites for hydroxylation is 1. The number of hydrogen-bond donors (Lipinski definition) is 1. The van der Waals surface area contributed by atoms with E-state index in [9.17, 15) is 0 Å². The molecule has 2 heterocycles. The highest BCUT2D eigenvalue weighted by molar-refractivity contribution is 5.17. The maximum Gasteiger partial charge on any atom is 0.0682 e. The number of rotatable bonds is 3. The van der Waals surface area contributed by atoms with Crippen LogP contribution >= 0.6 is 0 Å². The van der Waals surface area contributed by atoms with Crippen molar-refractivity contribution in [3.63, 3.8) is 0 Å². The Hall–Kier alpha value is -0.870. The summed E-state index contributed by atoms with van der Waals surface area (Å²) in [4.78, 5) is 0. The van der Waals surface area contributed by atoms with Gasteiger partial charge in [0.1, 0.15) is 0 Å². The smallest absolute Gasteiger partial charge is 0.0682 e. The van der Waals surface area contributed by atoms with Gasteiger partial charge < -0.3 is 10.5 Å².